The van der Waals surface area contributed by atoms with E-state index >= 15 is 0 Å². The molecule has 21 heavy (non-hydrogen) atoms. The second-order valence-corrected chi connectivity index (χ2v) is 5.29. The Morgan fingerprint density at radius 2 is 1.81 bits per heavy atom. The number of hydrogen-bond acceptors (Lipinski definition) is 4. The lowest BCUT2D eigenvalue weighted by molar-refractivity contribution is -0.142. The molecular weight excluding hydrogens is 276 g/mol. The lowest BCUT2D eigenvalue weighted by Crippen LogP contribution is -2.45. The fourth-order valence-electron chi connectivity index (χ4n) is 2.65. The number of nitrogens with zero attached hydrogens (tertiary/aromatic N) is 1. The van der Waals surface area contributed by atoms with Crippen LogP contribution >= 0.6 is 0 Å². The number of urea groups is 1. The standard InChI is InChI=1S/C14H26N2O5/c1-20-8-6-16(7-9-21-2)14(19)15-10-11-4-3-5-12(11)13(17)18/h11-12H,3-10H2,1-2H3,(H,15,19)(H,17,18). The summed E-state index contributed by atoms with van der Waals surface area (Å²) in [5, 5.41) is 12.0. The van der Waals surface area contributed by atoms with Crippen LogP contribution in [0.2, 0.25) is 0 Å². The fourth-order valence-corrected chi connectivity index (χ4v) is 2.65. The highest BCUT2D eigenvalue weighted by Gasteiger charge is 2.33. The molecular formula is C14H26N2O5. The third-order valence-electron chi connectivity index (χ3n) is 3.91. The molecule has 0 spiro atoms. The molecule has 1 rings (SSSR count). The highest BCUT2D eigenvalue weighted by molar-refractivity contribution is 5.74. The van der Waals surface area contributed by atoms with Crippen molar-refractivity contribution in [3.8, 4) is 0 Å². The van der Waals surface area contributed by atoms with Gasteiger partial charge in [-0.25, -0.2) is 4.79 Å². The van der Waals surface area contributed by atoms with Gasteiger partial charge in [-0.3, -0.25) is 4.79 Å². The topological polar surface area (TPSA) is 88.1 Å². The van der Waals surface area contributed by atoms with Crippen LogP contribution in [0.3, 0.4) is 0 Å². The summed E-state index contributed by atoms with van der Waals surface area (Å²) in [6, 6.07) is -0.194. The molecule has 2 unspecified atom stereocenters. The van der Waals surface area contributed by atoms with Crippen molar-refractivity contribution in [2.45, 2.75) is 19.3 Å². The normalized spacial score (nSPS) is 21.2. The molecule has 0 aliphatic heterocycles. The van der Waals surface area contributed by atoms with Gasteiger partial charge in [-0.05, 0) is 18.8 Å². The van der Waals surface area contributed by atoms with Gasteiger partial charge in [-0.15, -0.1) is 0 Å². The molecule has 7 heteroatoms. The number of ether oxygens (including phenoxy) is 2. The van der Waals surface area contributed by atoms with Crippen molar-refractivity contribution in [2.75, 3.05) is 47.1 Å². The predicted molar refractivity (Wildman–Crippen MR) is 77.2 cm³/mol. The zero-order valence-corrected chi connectivity index (χ0v) is 12.8. The average molecular weight is 302 g/mol. The first-order valence-corrected chi connectivity index (χ1v) is 7.33. The first-order chi connectivity index (χ1) is 10.1. The van der Waals surface area contributed by atoms with Gasteiger partial charge in [0.05, 0.1) is 19.1 Å². The molecule has 0 aromatic rings. The number of nitrogens with one attached hydrogen (secondary N) is 1. The van der Waals surface area contributed by atoms with Crippen LogP contribution in [0, 0.1) is 11.8 Å². The van der Waals surface area contributed by atoms with Crippen molar-refractivity contribution in [3.05, 3.63) is 0 Å². The number of carboxylic acids is 1. The Hall–Kier alpha value is -1.34. The van der Waals surface area contributed by atoms with Crippen molar-refractivity contribution in [1.29, 1.82) is 0 Å². The van der Waals surface area contributed by atoms with Gasteiger partial charge in [0.25, 0.3) is 0 Å². The molecule has 2 N–H and O–H groups in total. The first kappa shape index (κ1) is 17.7. The van der Waals surface area contributed by atoms with Crippen LogP contribution in [0.1, 0.15) is 19.3 Å². The molecule has 1 aliphatic carbocycles. The molecule has 7 nitrogen and oxygen atoms in total. The zero-order chi connectivity index (χ0) is 15.7. The van der Waals surface area contributed by atoms with E-state index in [1.807, 2.05) is 0 Å². The van der Waals surface area contributed by atoms with Crippen LogP contribution in [0.4, 0.5) is 4.79 Å². The largest absolute Gasteiger partial charge is 0.481 e. The molecule has 2 amide bonds. The third kappa shape index (κ3) is 5.89. The van der Waals surface area contributed by atoms with Gasteiger partial charge in [-0.2, -0.15) is 0 Å². The van der Waals surface area contributed by atoms with E-state index in [4.69, 9.17) is 14.6 Å². The maximum Gasteiger partial charge on any atom is 0.317 e. The monoisotopic (exact) mass is 302 g/mol. The number of carboxylic acid groups (broad SMARTS) is 1. The number of aliphatic carboxylic acids is 1. The zero-order valence-electron chi connectivity index (χ0n) is 12.8. The highest BCUT2D eigenvalue weighted by atomic mass is 16.5. The number of hydrogen-bond donors (Lipinski definition) is 2. The van der Waals surface area contributed by atoms with Crippen LogP contribution in [-0.4, -0.2) is 69.1 Å². The number of rotatable bonds is 9. The van der Waals surface area contributed by atoms with Gasteiger partial charge in [0.15, 0.2) is 0 Å². The van der Waals surface area contributed by atoms with Gasteiger partial charge in [0, 0.05) is 33.9 Å². The van der Waals surface area contributed by atoms with E-state index in [2.05, 4.69) is 5.32 Å². The minimum absolute atomic E-state index is 0.0261. The minimum atomic E-state index is -0.762. The second-order valence-electron chi connectivity index (χ2n) is 5.29. The second kappa shape index (κ2) is 9.57. The van der Waals surface area contributed by atoms with E-state index < -0.39 is 5.97 Å². The van der Waals surface area contributed by atoms with Crippen LogP contribution in [0.25, 0.3) is 0 Å². The Morgan fingerprint density at radius 3 is 2.33 bits per heavy atom. The Morgan fingerprint density at radius 1 is 1.19 bits per heavy atom. The summed E-state index contributed by atoms with van der Waals surface area (Å²) in [4.78, 5) is 24.9. The van der Waals surface area contributed by atoms with Crippen LogP contribution in [-0.2, 0) is 14.3 Å². The molecule has 0 heterocycles. The van der Waals surface area contributed by atoms with E-state index in [1.54, 1.807) is 19.1 Å². The maximum absolute atomic E-state index is 12.1. The van der Waals surface area contributed by atoms with Gasteiger partial charge in [0.2, 0.25) is 0 Å². The average Bonchev–Trinajstić information content (AvgIpc) is 2.93. The fraction of sp³-hybridized carbons (Fsp3) is 0.857. The minimum Gasteiger partial charge on any atom is -0.481 e. The van der Waals surface area contributed by atoms with E-state index in [1.165, 1.54) is 0 Å². The smallest absolute Gasteiger partial charge is 0.317 e. The molecule has 122 valence electrons. The molecule has 2 atom stereocenters. The molecule has 0 radical (unpaired) electrons. The maximum atomic E-state index is 12.1. The molecule has 0 aromatic heterocycles. The Kier molecular flexibility index (Phi) is 8.07. The van der Waals surface area contributed by atoms with E-state index in [-0.39, 0.29) is 17.9 Å². The van der Waals surface area contributed by atoms with Crippen molar-refractivity contribution < 1.29 is 24.2 Å². The summed E-state index contributed by atoms with van der Waals surface area (Å²) >= 11 is 0. The number of methoxy groups -OCH3 is 2. The number of carbonyl (C=O) groups excluding carboxylic acids is 1. The van der Waals surface area contributed by atoms with Gasteiger partial charge in [-0.1, -0.05) is 6.42 Å². The molecule has 0 bridgehead atoms. The summed E-state index contributed by atoms with van der Waals surface area (Å²) in [6.45, 7) is 2.29. The van der Waals surface area contributed by atoms with Crippen molar-refractivity contribution in [2.24, 2.45) is 11.8 Å². The van der Waals surface area contributed by atoms with Crippen molar-refractivity contribution >= 4 is 12.0 Å². The van der Waals surface area contributed by atoms with E-state index in [9.17, 15) is 9.59 Å². The van der Waals surface area contributed by atoms with Crippen molar-refractivity contribution in [1.82, 2.24) is 10.2 Å². The number of amides is 2. The summed E-state index contributed by atoms with van der Waals surface area (Å²) in [7, 11) is 3.17. The molecule has 1 fully saturated rings. The third-order valence-corrected chi connectivity index (χ3v) is 3.91. The van der Waals surface area contributed by atoms with Gasteiger partial charge in [0.1, 0.15) is 0 Å². The first-order valence-electron chi connectivity index (χ1n) is 7.33. The summed E-state index contributed by atoms with van der Waals surface area (Å²) in [5.41, 5.74) is 0. The van der Waals surface area contributed by atoms with Crippen LogP contribution in [0.15, 0.2) is 0 Å². The molecule has 1 saturated carbocycles. The predicted octanol–water partition coefficient (Wildman–Crippen LogP) is 0.792. The molecule has 0 aromatic carbocycles. The lowest BCUT2D eigenvalue weighted by Gasteiger charge is -2.24. The summed E-state index contributed by atoms with van der Waals surface area (Å²) in [5.74, 6) is -1.07. The number of carbonyl (C=O) groups is 2. The summed E-state index contributed by atoms with van der Waals surface area (Å²) in [6.07, 6.45) is 2.47. The Balaban J connectivity index is 2.42. The Bertz CT molecular complexity index is 329. The van der Waals surface area contributed by atoms with E-state index in [0.717, 1.165) is 12.8 Å². The lowest BCUT2D eigenvalue weighted by atomic mass is 9.96. The van der Waals surface area contributed by atoms with Crippen LogP contribution < -0.4 is 5.32 Å². The highest BCUT2D eigenvalue weighted by Crippen LogP contribution is 2.31. The molecule has 0 saturated heterocycles. The van der Waals surface area contributed by atoms with Crippen molar-refractivity contribution in [3.63, 3.8) is 0 Å². The van der Waals surface area contributed by atoms with Gasteiger partial charge >= 0.3 is 12.0 Å². The van der Waals surface area contributed by atoms with Gasteiger partial charge < -0.3 is 24.8 Å². The SMILES string of the molecule is COCCN(CCOC)C(=O)NCC1CCCC1C(=O)O. The molecule has 1 aliphatic rings. The Labute approximate surface area is 125 Å². The van der Waals surface area contributed by atoms with E-state index in [0.29, 0.717) is 39.3 Å². The quantitative estimate of drug-likeness (QED) is 0.657. The summed E-state index contributed by atoms with van der Waals surface area (Å²) < 4.78 is 9.98. The van der Waals surface area contributed by atoms with Crippen LogP contribution in [0.5, 0.6) is 0 Å².